The van der Waals surface area contributed by atoms with Gasteiger partial charge in [0.05, 0.1) is 12.1 Å². The molecule has 19 heavy (non-hydrogen) atoms. The molecule has 0 saturated heterocycles. The minimum Gasteiger partial charge on any atom is -0.391 e. The Morgan fingerprint density at radius 1 is 1.26 bits per heavy atom. The number of unbranched alkanes of at least 4 members (excludes halogenated alkanes) is 1. The lowest BCUT2D eigenvalue weighted by atomic mass is 9.98. The fourth-order valence-electron chi connectivity index (χ4n) is 1.98. The van der Waals surface area contributed by atoms with Gasteiger partial charge in [-0.05, 0) is 18.1 Å². The molecule has 1 aromatic carbocycles. The molecule has 0 amide bonds. The van der Waals surface area contributed by atoms with Gasteiger partial charge in [-0.3, -0.25) is 0 Å². The van der Waals surface area contributed by atoms with Crippen molar-refractivity contribution in [1.82, 2.24) is 0 Å². The highest BCUT2D eigenvalue weighted by Crippen LogP contribution is 2.36. The molecule has 0 heterocycles. The Bertz CT molecular complexity index is 387. The maximum absolute atomic E-state index is 10.2. The molecule has 2 atom stereocenters. The van der Waals surface area contributed by atoms with Crippen molar-refractivity contribution >= 4 is 11.8 Å². The number of rotatable bonds is 6. The summed E-state index contributed by atoms with van der Waals surface area (Å²) < 4.78 is 0.143. The van der Waals surface area contributed by atoms with Crippen LogP contribution in [0.4, 0.5) is 0 Å². The quantitative estimate of drug-likeness (QED) is 0.771. The number of thioether (sulfide) groups is 1. The van der Waals surface area contributed by atoms with Crippen LogP contribution in [0.15, 0.2) is 29.2 Å². The Morgan fingerprint density at radius 2 is 1.89 bits per heavy atom. The first kappa shape index (κ1) is 16.5. The predicted octanol–water partition coefficient (Wildman–Crippen LogP) is 4.13. The highest BCUT2D eigenvalue weighted by atomic mass is 32.2. The minimum atomic E-state index is -0.457. The summed E-state index contributed by atoms with van der Waals surface area (Å²) in [6.45, 7) is 8.69. The monoisotopic (exact) mass is 281 g/mol. The van der Waals surface area contributed by atoms with Gasteiger partial charge in [0.25, 0.3) is 0 Å². The Hall–Kier alpha value is -0.510. The molecular formula is C16H27NOS. The highest BCUT2D eigenvalue weighted by Gasteiger charge is 2.21. The van der Waals surface area contributed by atoms with Crippen LogP contribution in [-0.2, 0) is 0 Å². The van der Waals surface area contributed by atoms with Gasteiger partial charge in [-0.1, -0.05) is 58.7 Å². The second-order valence-corrected chi connectivity index (χ2v) is 7.86. The lowest BCUT2D eigenvalue weighted by Crippen LogP contribution is -2.27. The number of aliphatic hydroxyl groups excluding tert-OH is 1. The van der Waals surface area contributed by atoms with Crippen molar-refractivity contribution in [1.29, 1.82) is 0 Å². The third-order valence-corrected chi connectivity index (χ3v) is 4.17. The Balaban J connectivity index is 2.87. The minimum absolute atomic E-state index is 0.143. The zero-order valence-electron chi connectivity index (χ0n) is 12.5. The highest BCUT2D eigenvalue weighted by molar-refractivity contribution is 8.00. The lowest BCUT2D eigenvalue weighted by Gasteiger charge is -2.25. The van der Waals surface area contributed by atoms with E-state index < -0.39 is 6.10 Å². The van der Waals surface area contributed by atoms with Gasteiger partial charge >= 0.3 is 0 Å². The average Bonchev–Trinajstić information content (AvgIpc) is 2.34. The van der Waals surface area contributed by atoms with Crippen LogP contribution in [0, 0.1) is 0 Å². The number of nitrogens with two attached hydrogens (primary N) is 1. The molecule has 0 aliphatic rings. The number of aliphatic hydroxyl groups is 1. The molecule has 0 spiro atoms. The molecule has 0 aliphatic heterocycles. The summed E-state index contributed by atoms with van der Waals surface area (Å²) in [5.74, 6) is 0. The van der Waals surface area contributed by atoms with Gasteiger partial charge in [0.15, 0.2) is 0 Å². The zero-order valence-corrected chi connectivity index (χ0v) is 13.3. The number of hydrogen-bond acceptors (Lipinski definition) is 3. The average molecular weight is 281 g/mol. The van der Waals surface area contributed by atoms with Gasteiger partial charge in [0.2, 0.25) is 0 Å². The summed E-state index contributed by atoms with van der Waals surface area (Å²) in [6, 6.07) is 7.86. The van der Waals surface area contributed by atoms with Gasteiger partial charge in [-0.2, -0.15) is 0 Å². The van der Waals surface area contributed by atoms with E-state index in [0.29, 0.717) is 0 Å². The molecule has 1 aromatic rings. The van der Waals surface area contributed by atoms with Gasteiger partial charge < -0.3 is 10.8 Å². The molecule has 3 N–H and O–H groups in total. The molecular weight excluding hydrogens is 254 g/mol. The molecule has 0 radical (unpaired) electrons. The summed E-state index contributed by atoms with van der Waals surface area (Å²) in [4.78, 5) is 1.18. The molecule has 0 saturated carbocycles. The third-order valence-electron chi connectivity index (χ3n) is 2.96. The van der Waals surface area contributed by atoms with Crippen LogP contribution < -0.4 is 5.73 Å². The number of benzene rings is 1. The van der Waals surface area contributed by atoms with Crippen LogP contribution in [0.2, 0.25) is 0 Å². The standard InChI is InChI=1S/C16H27NOS/c1-5-6-10-13(18)15(17)12-9-7-8-11-14(12)19-16(2,3)4/h7-9,11,13,15,18H,5-6,10,17H2,1-4H3/t13-,15+/m0/s1. The Kier molecular flexibility index (Phi) is 6.37. The fourth-order valence-corrected chi connectivity index (χ4v) is 3.11. The first-order chi connectivity index (χ1) is 8.85. The third kappa shape index (κ3) is 5.55. The van der Waals surface area contributed by atoms with Crippen LogP contribution in [0.5, 0.6) is 0 Å². The van der Waals surface area contributed by atoms with E-state index in [-0.39, 0.29) is 10.8 Å². The van der Waals surface area contributed by atoms with Gasteiger partial charge in [-0.25, -0.2) is 0 Å². The SMILES string of the molecule is CCCC[C@H](O)[C@H](N)c1ccccc1SC(C)(C)C. The van der Waals surface area contributed by atoms with Gasteiger partial charge in [0.1, 0.15) is 0 Å². The zero-order chi connectivity index (χ0) is 14.5. The summed E-state index contributed by atoms with van der Waals surface area (Å²) >= 11 is 1.81. The van der Waals surface area contributed by atoms with Crippen molar-refractivity contribution in [2.75, 3.05) is 0 Å². The maximum Gasteiger partial charge on any atom is 0.0733 e. The van der Waals surface area contributed by atoms with E-state index in [9.17, 15) is 5.11 Å². The van der Waals surface area contributed by atoms with Crippen molar-refractivity contribution < 1.29 is 5.11 Å². The first-order valence-corrected chi connectivity index (χ1v) is 7.88. The van der Waals surface area contributed by atoms with Crippen molar-refractivity contribution in [2.24, 2.45) is 5.73 Å². The van der Waals surface area contributed by atoms with E-state index in [1.165, 1.54) is 4.90 Å². The second kappa shape index (κ2) is 7.32. The fraction of sp³-hybridized carbons (Fsp3) is 0.625. The lowest BCUT2D eigenvalue weighted by molar-refractivity contribution is 0.131. The van der Waals surface area contributed by atoms with E-state index in [1.807, 2.05) is 18.2 Å². The normalized spacial score (nSPS) is 15.3. The molecule has 2 nitrogen and oxygen atoms in total. The summed E-state index contributed by atoms with van der Waals surface area (Å²) in [5.41, 5.74) is 7.30. The van der Waals surface area contributed by atoms with Gasteiger partial charge in [0, 0.05) is 9.64 Å². The van der Waals surface area contributed by atoms with Crippen molar-refractivity contribution in [2.45, 2.75) is 68.7 Å². The van der Waals surface area contributed by atoms with E-state index in [4.69, 9.17) is 5.73 Å². The molecule has 3 heteroatoms. The second-order valence-electron chi connectivity index (χ2n) is 5.99. The van der Waals surface area contributed by atoms with Crippen molar-refractivity contribution in [3.8, 4) is 0 Å². The van der Waals surface area contributed by atoms with E-state index in [1.54, 1.807) is 11.8 Å². The first-order valence-electron chi connectivity index (χ1n) is 7.06. The van der Waals surface area contributed by atoms with E-state index >= 15 is 0 Å². The maximum atomic E-state index is 10.2. The molecule has 0 bridgehead atoms. The predicted molar refractivity (Wildman–Crippen MR) is 84.5 cm³/mol. The van der Waals surface area contributed by atoms with Crippen molar-refractivity contribution in [3.05, 3.63) is 29.8 Å². The smallest absolute Gasteiger partial charge is 0.0733 e. The molecule has 0 aromatic heterocycles. The molecule has 108 valence electrons. The van der Waals surface area contributed by atoms with Crippen LogP contribution in [0.3, 0.4) is 0 Å². The van der Waals surface area contributed by atoms with E-state index in [0.717, 1.165) is 24.8 Å². The Labute approximate surface area is 121 Å². The topological polar surface area (TPSA) is 46.2 Å². The van der Waals surface area contributed by atoms with Gasteiger partial charge in [-0.15, -0.1) is 11.8 Å². The summed E-state index contributed by atoms with van der Waals surface area (Å²) in [5, 5.41) is 10.2. The van der Waals surface area contributed by atoms with Crippen LogP contribution in [0.25, 0.3) is 0 Å². The summed E-state index contributed by atoms with van der Waals surface area (Å²) in [7, 11) is 0. The molecule has 0 fully saturated rings. The molecule has 0 unspecified atom stereocenters. The number of hydrogen-bond donors (Lipinski definition) is 2. The van der Waals surface area contributed by atoms with Crippen LogP contribution >= 0.6 is 11.8 Å². The summed E-state index contributed by atoms with van der Waals surface area (Å²) in [6.07, 6.45) is 2.42. The van der Waals surface area contributed by atoms with Crippen molar-refractivity contribution in [3.63, 3.8) is 0 Å². The molecule has 1 rings (SSSR count). The van der Waals surface area contributed by atoms with E-state index in [2.05, 4.69) is 33.8 Å². The van der Waals surface area contributed by atoms with Crippen LogP contribution in [0.1, 0.15) is 58.6 Å². The molecule has 0 aliphatic carbocycles. The largest absolute Gasteiger partial charge is 0.391 e. The van der Waals surface area contributed by atoms with Crippen LogP contribution in [-0.4, -0.2) is 16.0 Å². The Morgan fingerprint density at radius 3 is 2.47 bits per heavy atom.